The molecule has 0 unspecified atom stereocenters. The van der Waals surface area contributed by atoms with E-state index >= 15 is 0 Å². The zero-order valence-corrected chi connectivity index (χ0v) is 23.7. The molecule has 6 rings (SSSR count). The van der Waals surface area contributed by atoms with E-state index in [4.69, 9.17) is 4.74 Å². The molecule has 0 aromatic carbocycles. The lowest BCUT2D eigenvalue weighted by Crippen LogP contribution is -2.55. The number of nitrogens with zero attached hydrogens (tertiary/aromatic N) is 2. The highest BCUT2D eigenvalue weighted by atomic mass is 16.5. The first-order valence-electron chi connectivity index (χ1n) is 14.9. The van der Waals surface area contributed by atoms with E-state index in [9.17, 15) is 9.59 Å². The van der Waals surface area contributed by atoms with Crippen LogP contribution in [0.15, 0.2) is 12.3 Å². The molecule has 0 spiro atoms. The van der Waals surface area contributed by atoms with Crippen LogP contribution in [0.25, 0.3) is 6.20 Å². The lowest BCUT2D eigenvalue weighted by Gasteiger charge is -2.54. The van der Waals surface area contributed by atoms with Gasteiger partial charge in [0.25, 0.3) is 5.91 Å². The van der Waals surface area contributed by atoms with Crippen LogP contribution in [-0.2, 0) is 4.79 Å². The standard InChI is InChI=1S/C30H47N5O3/c1-19(2)18-38-28-25(27(36)34-26-23-12-21-11-22(14-23)15-24(26)13-21)17-33-35(28)10-7-30(3,4)29(37)32-16-20-5-8-31-9-6-20/h7,10,17,19-24,26,31H,5-6,8-9,11-16,18H2,1-4H3,(H,32,37)(H,34,36). The summed E-state index contributed by atoms with van der Waals surface area (Å²) < 4.78 is 7.74. The van der Waals surface area contributed by atoms with Gasteiger partial charge in [0.1, 0.15) is 5.56 Å². The molecule has 0 radical (unpaired) electrons. The highest BCUT2D eigenvalue weighted by Gasteiger charge is 2.48. The molecule has 8 nitrogen and oxygen atoms in total. The Hall–Kier alpha value is -2.35. The molecule has 0 atom stereocenters. The molecule has 4 aliphatic carbocycles. The van der Waals surface area contributed by atoms with Crippen molar-refractivity contribution < 1.29 is 14.3 Å². The van der Waals surface area contributed by atoms with E-state index in [1.54, 1.807) is 17.1 Å². The number of rotatable bonds is 10. The summed E-state index contributed by atoms with van der Waals surface area (Å²) >= 11 is 0. The van der Waals surface area contributed by atoms with E-state index in [1.165, 1.54) is 32.1 Å². The molecule has 4 saturated carbocycles. The van der Waals surface area contributed by atoms with E-state index in [2.05, 4.69) is 34.9 Å². The smallest absolute Gasteiger partial charge is 0.258 e. The summed E-state index contributed by atoms with van der Waals surface area (Å²) in [6.07, 6.45) is 13.8. The number of hydrogen-bond acceptors (Lipinski definition) is 5. The molecule has 3 N–H and O–H groups in total. The second-order valence-electron chi connectivity index (χ2n) is 13.4. The van der Waals surface area contributed by atoms with Crippen LogP contribution in [-0.4, -0.2) is 53.9 Å². The van der Waals surface area contributed by atoms with Crippen molar-refractivity contribution in [3.63, 3.8) is 0 Å². The summed E-state index contributed by atoms with van der Waals surface area (Å²) in [7, 11) is 0. The highest BCUT2D eigenvalue weighted by Crippen LogP contribution is 2.53. The maximum Gasteiger partial charge on any atom is 0.258 e. The van der Waals surface area contributed by atoms with Crippen LogP contribution in [0.4, 0.5) is 0 Å². The van der Waals surface area contributed by atoms with Gasteiger partial charge in [0.05, 0.1) is 18.2 Å². The van der Waals surface area contributed by atoms with Crippen molar-refractivity contribution >= 4 is 18.0 Å². The minimum Gasteiger partial charge on any atom is -0.477 e. The van der Waals surface area contributed by atoms with Crippen molar-refractivity contribution in [2.75, 3.05) is 26.2 Å². The Balaban J connectivity index is 1.26. The molecule has 1 aromatic heterocycles. The Labute approximate surface area is 227 Å². The predicted octanol–water partition coefficient (Wildman–Crippen LogP) is 4.09. The van der Waals surface area contributed by atoms with E-state index < -0.39 is 5.41 Å². The van der Waals surface area contributed by atoms with Gasteiger partial charge < -0.3 is 20.7 Å². The number of piperidine rings is 1. The molecule has 8 heteroatoms. The van der Waals surface area contributed by atoms with Gasteiger partial charge in [-0.2, -0.15) is 5.10 Å². The van der Waals surface area contributed by atoms with Crippen LogP contribution in [0.5, 0.6) is 5.88 Å². The Morgan fingerprint density at radius 3 is 2.42 bits per heavy atom. The van der Waals surface area contributed by atoms with Gasteiger partial charge in [0.2, 0.25) is 11.8 Å². The van der Waals surface area contributed by atoms with Gasteiger partial charge in [-0.3, -0.25) is 9.59 Å². The maximum atomic E-state index is 13.5. The Bertz CT molecular complexity index is 995. The Morgan fingerprint density at radius 1 is 1.13 bits per heavy atom. The number of ether oxygens (including phenoxy) is 1. The quantitative estimate of drug-likeness (QED) is 0.428. The highest BCUT2D eigenvalue weighted by molar-refractivity contribution is 5.96. The summed E-state index contributed by atoms with van der Waals surface area (Å²) in [5, 5.41) is 14.4. The SMILES string of the molecule is CC(C)COc1c(C(=O)NC2C3CC4CC(C3)CC2C4)cnn1C=CC(C)(C)C(=O)NCC1CCNCC1. The third-order valence-electron chi connectivity index (χ3n) is 9.30. The number of nitrogens with one attached hydrogen (secondary N) is 3. The maximum absolute atomic E-state index is 13.5. The lowest BCUT2D eigenvalue weighted by atomic mass is 9.54. The molecular formula is C30H47N5O3. The van der Waals surface area contributed by atoms with Crippen LogP contribution in [0, 0.1) is 40.9 Å². The van der Waals surface area contributed by atoms with Gasteiger partial charge in [0.15, 0.2) is 0 Å². The van der Waals surface area contributed by atoms with Crippen molar-refractivity contribution in [2.45, 2.75) is 78.7 Å². The molecule has 210 valence electrons. The monoisotopic (exact) mass is 525 g/mol. The minimum atomic E-state index is -0.725. The second kappa shape index (κ2) is 11.4. The van der Waals surface area contributed by atoms with Gasteiger partial charge in [-0.15, -0.1) is 0 Å². The molecule has 4 bridgehead atoms. The van der Waals surface area contributed by atoms with E-state index in [1.807, 2.05) is 19.9 Å². The van der Waals surface area contributed by atoms with E-state index in [0.717, 1.165) is 37.8 Å². The normalized spacial score (nSPS) is 29.2. The van der Waals surface area contributed by atoms with Crippen LogP contribution < -0.4 is 20.7 Å². The van der Waals surface area contributed by atoms with Crippen molar-refractivity contribution in [3.05, 3.63) is 17.8 Å². The van der Waals surface area contributed by atoms with Gasteiger partial charge >= 0.3 is 0 Å². The van der Waals surface area contributed by atoms with Crippen LogP contribution in [0.2, 0.25) is 0 Å². The van der Waals surface area contributed by atoms with Crippen LogP contribution in [0.3, 0.4) is 0 Å². The first-order valence-corrected chi connectivity index (χ1v) is 14.9. The van der Waals surface area contributed by atoms with Crippen molar-refractivity contribution in [1.82, 2.24) is 25.7 Å². The van der Waals surface area contributed by atoms with Crippen LogP contribution >= 0.6 is 0 Å². The minimum absolute atomic E-state index is 0.0102. The van der Waals surface area contributed by atoms with Crippen LogP contribution in [0.1, 0.15) is 83.0 Å². The van der Waals surface area contributed by atoms with Gasteiger partial charge in [-0.25, -0.2) is 4.68 Å². The average molecular weight is 526 g/mol. The molecule has 2 amide bonds. The second-order valence-corrected chi connectivity index (χ2v) is 13.4. The third-order valence-corrected chi connectivity index (χ3v) is 9.30. The van der Waals surface area contributed by atoms with Crippen molar-refractivity contribution in [2.24, 2.45) is 40.9 Å². The van der Waals surface area contributed by atoms with Gasteiger partial charge in [0, 0.05) is 18.8 Å². The molecule has 1 aliphatic heterocycles. The molecule has 1 aromatic rings. The van der Waals surface area contributed by atoms with E-state index in [0.29, 0.717) is 48.3 Å². The largest absolute Gasteiger partial charge is 0.477 e. The average Bonchev–Trinajstić information content (AvgIpc) is 3.30. The van der Waals surface area contributed by atoms with Gasteiger partial charge in [-0.05, 0) is 107 Å². The fourth-order valence-electron chi connectivity index (χ4n) is 7.28. The number of carbonyl (C=O) groups excluding carboxylic acids is 2. The molecule has 2 heterocycles. The number of aromatic nitrogens is 2. The number of hydrogen-bond donors (Lipinski definition) is 3. The Morgan fingerprint density at radius 2 is 1.79 bits per heavy atom. The van der Waals surface area contributed by atoms with E-state index in [-0.39, 0.29) is 17.9 Å². The molecule has 38 heavy (non-hydrogen) atoms. The lowest BCUT2D eigenvalue weighted by molar-refractivity contribution is -0.127. The van der Waals surface area contributed by atoms with Crippen molar-refractivity contribution in [1.29, 1.82) is 0 Å². The van der Waals surface area contributed by atoms with Gasteiger partial charge in [-0.1, -0.05) is 19.9 Å². The molecular weight excluding hydrogens is 478 g/mol. The summed E-state index contributed by atoms with van der Waals surface area (Å²) in [5.74, 6) is 4.11. The Kier molecular flexibility index (Phi) is 8.17. The number of carbonyl (C=O) groups is 2. The first kappa shape index (κ1) is 27.2. The topological polar surface area (TPSA) is 97.3 Å². The summed E-state index contributed by atoms with van der Waals surface area (Å²) in [6.45, 7) is 11.2. The zero-order valence-electron chi connectivity index (χ0n) is 23.7. The third kappa shape index (κ3) is 6.11. The summed E-state index contributed by atoms with van der Waals surface area (Å²) in [4.78, 5) is 26.5. The number of amides is 2. The summed E-state index contributed by atoms with van der Waals surface area (Å²) in [5.41, 5.74) is -0.256. The molecule has 5 aliphatic rings. The predicted molar refractivity (Wildman–Crippen MR) is 149 cm³/mol. The first-order chi connectivity index (χ1) is 18.2. The summed E-state index contributed by atoms with van der Waals surface area (Å²) in [6, 6.07) is 0.259. The molecule has 1 saturated heterocycles. The van der Waals surface area contributed by atoms with Crippen molar-refractivity contribution in [3.8, 4) is 5.88 Å². The zero-order chi connectivity index (χ0) is 26.9. The molecule has 5 fully saturated rings. The fourth-order valence-corrected chi connectivity index (χ4v) is 7.28. The fraction of sp³-hybridized carbons (Fsp3) is 0.767.